The van der Waals surface area contributed by atoms with Gasteiger partial charge in [0, 0.05) is 49.7 Å². The molecule has 0 spiro atoms. The molecule has 2 unspecified atom stereocenters. The van der Waals surface area contributed by atoms with E-state index in [1.165, 1.54) is 5.75 Å². The fraction of sp³-hybridized carbons (Fsp3) is 0.933. The van der Waals surface area contributed by atoms with Crippen LogP contribution >= 0.6 is 11.8 Å². The summed E-state index contributed by atoms with van der Waals surface area (Å²) in [5.74, 6) is 3.66. The highest BCUT2D eigenvalue weighted by Gasteiger charge is 2.25. The minimum absolute atomic E-state index is 0.615. The maximum Gasteiger partial charge on any atom is 0.193 e. The van der Waals surface area contributed by atoms with Gasteiger partial charge in [0.05, 0.1) is 6.61 Å². The van der Waals surface area contributed by atoms with E-state index in [9.17, 15) is 0 Å². The van der Waals surface area contributed by atoms with Crippen LogP contribution in [0.3, 0.4) is 0 Å². The van der Waals surface area contributed by atoms with Crippen LogP contribution in [-0.2, 0) is 4.74 Å². The Morgan fingerprint density at radius 3 is 3.00 bits per heavy atom. The Hall–Kier alpha value is -0.420. The minimum atomic E-state index is 0.615. The molecule has 0 saturated carbocycles. The van der Waals surface area contributed by atoms with Crippen molar-refractivity contribution in [3.63, 3.8) is 0 Å². The lowest BCUT2D eigenvalue weighted by Crippen LogP contribution is -2.49. The Balaban J connectivity index is 1.93. The molecule has 0 amide bonds. The molecule has 2 aliphatic heterocycles. The van der Waals surface area contributed by atoms with Crippen LogP contribution in [0.15, 0.2) is 4.99 Å². The molecule has 1 N–H and O–H groups in total. The lowest BCUT2D eigenvalue weighted by atomic mass is 10.1. The highest BCUT2D eigenvalue weighted by atomic mass is 32.2. The quantitative estimate of drug-likeness (QED) is 0.637. The van der Waals surface area contributed by atoms with Crippen LogP contribution in [0.5, 0.6) is 0 Å². The first-order valence-corrected chi connectivity index (χ1v) is 8.98. The molecule has 0 aromatic heterocycles. The van der Waals surface area contributed by atoms with E-state index < -0.39 is 0 Å². The monoisotopic (exact) mass is 299 g/mol. The highest BCUT2D eigenvalue weighted by Crippen LogP contribution is 2.25. The van der Waals surface area contributed by atoms with Gasteiger partial charge in [0.15, 0.2) is 5.96 Å². The van der Waals surface area contributed by atoms with Crippen LogP contribution in [-0.4, -0.2) is 61.3 Å². The smallest absolute Gasteiger partial charge is 0.193 e. The van der Waals surface area contributed by atoms with Gasteiger partial charge in [-0.1, -0.05) is 13.8 Å². The third-order valence-electron chi connectivity index (χ3n) is 3.99. The first-order chi connectivity index (χ1) is 9.70. The molecule has 2 rings (SSSR count). The average Bonchev–Trinajstić information content (AvgIpc) is 2.97. The van der Waals surface area contributed by atoms with E-state index in [2.05, 4.69) is 42.7 Å². The lowest BCUT2D eigenvalue weighted by Gasteiger charge is -2.36. The number of aliphatic imine (C=N–C) groups is 1. The molecule has 2 saturated heterocycles. The van der Waals surface area contributed by atoms with Crippen LogP contribution in [0.25, 0.3) is 0 Å². The molecule has 2 heterocycles. The topological polar surface area (TPSA) is 36.9 Å². The fourth-order valence-corrected chi connectivity index (χ4v) is 3.94. The molecule has 0 bridgehead atoms. The molecule has 5 heteroatoms. The predicted molar refractivity (Wildman–Crippen MR) is 87.6 cm³/mol. The van der Waals surface area contributed by atoms with Crippen molar-refractivity contribution in [2.24, 2.45) is 16.8 Å². The maximum atomic E-state index is 5.44. The van der Waals surface area contributed by atoms with Gasteiger partial charge in [-0.05, 0) is 19.3 Å². The zero-order chi connectivity index (χ0) is 14.4. The van der Waals surface area contributed by atoms with E-state index in [-0.39, 0.29) is 0 Å². The number of hydrogen-bond donors (Lipinski definition) is 1. The molecule has 0 aliphatic carbocycles. The lowest BCUT2D eigenvalue weighted by molar-refractivity contribution is 0.187. The Bertz CT molecular complexity index is 316. The summed E-state index contributed by atoms with van der Waals surface area (Å²) in [4.78, 5) is 7.30. The number of ether oxygens (including phenoxy) is 1. The van der Waals surface area contributed by atoms with Crippen molar-refractivity contribution in [3.05, 3.63) is 0 Å². The normalized spacial score (nSPS) is 28.2. The van der Waals surface area contributed by atoms with Crippen molar-refractivity contribution in [2.45, 2.75) is 32.4 Å². The molecule has 2 aliphatic rings. The predicted octanol–water partition coefficient (Wildman–Crippen LogP) is 2.06. The van der Waals surface area contributed by atoms with Crippen LogP contribution in [0.2, 0.25) is 0 Å². The van der Waals surface area contributed by atoms with Gasteiger partial charge in [-0.25, -0.2) is 0 Å². The fourth-order valence-electron chi connectivity index (χ4n) is 2.64. The van der Waals surface area contributed by atoms with Gasteiger partial charge in [-0.3, -0.25) is 4.99 Å². The van der Waals surface area contributed by atoms with Gasteiger partial charge in [0.25, 0.3) is 0 Å². The molecule has 2 fully saturated rings. The number of rotatable bonds is 4. The summed E-state index contributed by atoms with van der Waals surface area (Å²) in [5, 5.41) is 4.19. The van der Waals surface area contributed by atoms with Gasteiger partial charge >= 0.3 is 0 Å². The number of hydrogen-bond acceptors (Lipinski definition) is 3. The van der Waals surface area contributed by atoms with E-state index in [4.69, 9.17) is 9.73 Å². The van der Waals surface area contributed by atoms with Crippen LogP contribution in [0.1, 0.15) is 27.2 Å². The number of guanidine groups is 1. The summed E-state index contributed by atoms with van der Waals surface area (Å²) < 4.78 is 5.44. The minimum Gasteiger partial charge on any atom is -0.381 e. The average molecular weight is 299 g/mol. The first-order valence-electron chi connectivity index (χ1n) is 7.93. The molecule has 2 atom stereocenters. The van der Waals surface area contributed by atoms with Crippen LogP contribution in [0, 0.1) is 11.8 Å². The zero-order valence-corrected chi connectivity index (χ0v) is 13.9. The Labute approximate surface area is 127 Å². The second kappa shape index (κ2) is 8.13. The summed E-state index contributed by atoms with van der Waals surface area (Å²) in [6.45, 7) is 12.7. The summed E-state index contributed by atoms with van der Waals surface area (Å²) in [6, 6.07) is 0. The molecule has 20 heavy (non-hydrogen) atoms. The number of thioether (sulfide) groups is 1. The zero-order valence-electron chi connectivity index (χ0n) is 13.1. The molecule has 0 radical (unpaired) electrons. The molecule has 0 aromatic rings. The van der Waals surface area contributed by atoms with Crippen molar-refractivity contribution in [1.82, 2.24) is 10.2 Å². The number of nitrogens with one attached hydrogen (secondary N) is 1. The van der Waals surface area contributed by atoms with Crippen molar-refractivity contribution in [2.75, 3.05) is 45.1 Å². The Morgan fingerprint density at radius 1 is 1.50 bits per heavy atom. The molecular weight excluding hydrogens is 270 g/mol. The van der Waals surface area contributed by atoms with Gasteiger partial charge in [0.1, 0.15) is 0 Å². The van der Waals surface area contributed by atoms with Crippen molar-refractivity contribution >= 4 is 17.7 Å². The van der Waals surface area contributed by atoms with Crippen LogP contribution in [0.4, 0.5) is 0 Å². The van der Waals surface area contributed by atoms with E-state index in [0.29, 0.717) is 5.92 Å². The third-order valence-corrected chi connectivity index (χ3v) is 5.53. The summed E-state index contributed by atoms with van der Waals surface area (Å²) in [5.41, 5.74) is 0. The molecule has 116 valence electrons. The molecule has 4 nitrogen and oxygen atoms in total. The van der Waals surface area contributed by atoms with Crippen molar-refractivity contribution < 1.29 is 4.74 Å². The number of nitrogens with zero attached hydrogens (tertiary/aromatic N) is 2. The highest BCUT2D eigenvalue weighted by molar-refractivity contribution is 8.00. The van der Waals surface area contributed by atoms with E-state index in [1.807, 2.05) is 0 Å². The van der Waals surface area contributed by atoms with Crippen molar-refractivity contribution in [3.8, 4) is 0 Å². The van der Waals surface area contributed by atoms with Crippen LogP contribution < -0.4 is 5.32 Å². The molecule has 0 aromatic carbocycles. The van der Waals surface area contributed by atoms with Gasteiger partial charge in [-0.2, -0.15) is 11.8 Å². The standard InChI is InChI=1S/C15H29N3OS/c1-4-16-15(17-9-13-5-7-19-11-13)18-6-8-20-14(10-18)12(2)3/h12-14H,4-11H2,1-3H3,(H,16,17). The van der Waals surface area contributed by atoms with Gasteiger partial charge in [0.2, 0.25) is 0 Å². The second-order valence-electron chi connectivity index (χ2n) is 6.02. The Kier molecular flexibility index (Phi) is 6.49. The van der Waals surface area contributed by atoms with E-state index in [0.717, 1.165) is 62.9 Å². The molecular formula is C15H29N3OS. The van der Waals surface area contributed by atoms with Crippen molar-refractivity contribution in [1.29, 1.82) is 0 Å². The maximum absolute atomic E-state index is 5.44. The van der Waals surface area contributed by atoms with E-state index >= 15 is 0 Å². The van der Waals surface area contributed by atoms with Gasteiger partial charge < -0.3 is 15.0 Å². The summed E-state index contributed by atoms with van der Waals surface area (Å²) >= 11 is 2.11. The van der Waals surface area contributed by atoms with Gasteiger partial charge in [-0.15, -0.1) is 0 Å². The largest absolute Gasteiger partial charge is 0.381 e. The van der Waals surface area contributed by atoms with E-state index in [1.54, 1.807) is 0 Å². The summed E-state index contributed by atoms with van der Waals surface area (Å²) in [7, 11) is 0. The Morgan fingerprint density at radius 2 is 2.35 bits per heavy atom. The second-order valence-corrected chi connectivity index (χ2v) is 7.37. The SMILES string of the molecule is CCNC(=NCC1CCOC1)N1CCSC(C(C)C)C1. The third kappa shape index (κ3) is 4.55. The summed E-state index contributed by atoms with van der Waals surface area (Å²) in [6.07, 6.45) is 1.16. The first kappa shape index (κ1) is 16.0.